The van der Waals surface area contributed by atoms with Crippen molar-refractivity contribution in [3.05, 3.63) is 34.7 Å². The Bertz CT molecular complexity index is 648. The summed E-state index contributed by atoms with van der Waals surface area (Å²) in [6, 6.07) is 8.19. The molecule has 3 heterocycles. The molecule has 1 N–H and O–H groups in total. The van der Waals surface area contributed by atoms with Gasteiger partial charge in [-0.1, -0.05) is 18.2 Å². The number of aliphatic hydroxyl groups excluding tert-OH is 1. The molecule has 0 unspecified atom stereocenters. The molecule has 3 nitrogen and oxygen atoms in total. The number of hydrogen-bond donors (Lipinski definition) is 1. The second-order valence-corrected chi connectivity index (χ2v) is 6.10. The molecule has 1 aromatic carbocycles. The summed E-state index contributed by atoms with van der Waals surface area (Å²) in [7, 11) is 0. The van der Waals surface area contributed by atoms with Gasteiger partial charge in [-0.05, 0) is 23.4 Å². The molecule has 4 heteroatoms. The van der Waals surface area contributed by atoms with E-state index in [4.69, 9.17) is 0 Å². The first kappa shape index (κ1) is 10.5. The highest BCUT2D eigenvalue weighted by Crippen LogP contribution is 2.44. The van der Waals surface area contributed by atoms with Gasteiger partial charge in [-0.25, -0.2) is 0 Å². The summed E-state index contributed by atoms with van der Waals surface area (Å²) < 4.78 is 1.20. The van der Waals surface area contributed by atoms with Crippen molar-refractivity contribution in [2.75, 3.05) is 0 Å². The topological polar surface area (TPSA) is 40.5 Å². The smallest absolute Gasteiger partial charge is 0.223 e. The minimum atomic E-state index is -0.502. The van der Waals surface area contributed by atoms with Crippen LogP contribution in [0.5, 0.6) is 0 Å². The van der Waals surface area contributed by atoms with Crippen LogP contribution in [0.1, 0.15) is 29.4 Å². The first-order valence-electron chi connectivity index (χ1n) is 6.23. The van der Waals surface area contributed by atoms with Crippen LogP contribution in [0.3, 0.4) is 0 Å². The molecule has 92 valence electrons. The molecular formula is C14H13NO2S. The quantitative estimate of drug-likeness (QED) is 0.789. The molecule has 0 radical (unpaired) electrons. The van der Waals surface area contributed by atoms with Gasteiger partial charge in [0.05, 0.1) is 6.04 Å². The Morgan fingerprint density at radius 2 is 2.17 bits per heavy atom. The van der Waals surface area contributed by atoms with Crippen LogP contribution in [0.15, 0.2) is 24.3 Å². The molecule has 0 spiro atoms. The van der Waals surface area contributed by atoms with Gasteiger partial charge in [0.2, 0.25) is 5.91 Å². The van der Waals surface area contributed by atoms with Gasteiger partial charge in [0.25, 0.3) is 0 Å². The summed E-state index contributed by atoms with van der Waals surface area (Å²) in [5, 5.41) is 11.7. The lowest BCUT2D eigenvalue weighted by molar-refractivity contribution is -0.131. The molecule has 2 aliphatic rings. The van der Waals surface area contributed by atoms with E-state index in [9.17, 15) is 9.90 Å². The lowest BCUT2D eigenvalue weighted by Crippen LogP contribution is -2.40. The number of carbonyl (C=O) groups excluding carboxylic acids is 1. The molecule has 4 rings (SSSR count). The highest BCUT2D eigenvalue weighted by Gasteiger charge is 2.42. The van der Waals surface area contributed by atoms with Crippen molar-refractivity contribution in [1.82, 2.24) is 4.90 Å². The highest BCUT2D eigenvalue weighted by atomic mass is 32.1. The third-order valence-corrected chi connectivity index (χ3v) is 5.35. The molecule has 1 saturated heterocycles. The SMILES string of the molecule is O=C1CC[C@H]2[C@H](O)c3sc4ccccc4c3CN12. The standard InChI is InChI=1S/C14H13NO2S/c16-12-6-5-10-13(17)14-9(7-15(10)12)8-3-1-2-4-11(8)18-14/h1-4,10,13,17H,5-7H2/t10-,13-/m0/s1. The maximum Gasteiger partial charge on any atom is 0.223 e. The molecule has 0 bridgehead atoms. The maximum atomic E-state index is 11.8. The maximum absolute atomic E-state index is 11.8. The van der Waals surface area contributed by atoms with Gasteiger partial charge in [-0.2, -0.15) is 0 Å². The lowest BCUT2D eigenvalue weighted by atomic mass is 9.97. The van der Waals surface area contributed by atoms with E-state index in [-0.39, 0.29) is 11.9 Å². The van der Waals surface area contributed by atoms with Crippen LogP contribution in [0.4, 0.5) is 0 Å². The zero-order valence-electron chi connectivity index (χ0n) is 9.80. The van der Waals surface area contributed by atoms with E-state index >= 15 is 0 Å². The molecule has 0 saturated carbocycles. The van der Waals surface area contributed by atoms with Crippen molar-refractivity contribution in [3.63, 3.8) is 0 Å². The normalized spacial score (nSPS) is 26.5. The first-order valence-corrected chi connectivity index (χ1v) is 7.05. The summed E-state index contributed by atoms with van der Waals surface area (Å²) in [4.78, 5) is 14.8. The highest BCUT2D eigenvalue weighted by molar-refractivity contribution is 7.19. The second-order valence-electron chi connectivity index (χ2n) is 5.01. The minimum absolute atomic E-state index is 0.00179. The summed E-state index contributed by atoms with van der Waals surface area (Å²) in [6.45, 7) is 0.667. The van der Waals surface area contributed by atoms with Crippen LogP contribution in [0.2, 0.25) is 0 Å². The third-order valence-electron chi connectivity index (χ3n) is 4.07. The molecule has 18 heavy (non-hydrogen) atoms. The van der Waals surface area contributed by atoms with Crippen LogP contribution in [0, 0.1) is 0 Å². The van der Waals surface area contributed by atoms with Crippen LogP contribution < -0.4 is 0 Å². The number of amides is 1. The van der Waals surface area contributed by atoms with Gasteiger partial charge in [-0.15, -0.1) is 11.3 Å². The van der Waals surface area contributed by atoms with Gasteiger partial charge in [0.1, 0.15) is 6.10 Å². The number of rotatable bonds is 0. The molecule has 2 aliphatic heterocycles. The van der Waals surface area contributed by atoms with Crippen LogP contribution in [-0.4, -0.2) is 22.0 Å². The number of thiophene rings is 1. The predicted molar refractivity (Wildman–Crippen MR) is 70.4 cm³/mol. The van der Waals surface area contributed by atoms with Crippen LogP contribution in [-0.2, 0) is 11.3 Å². The molecule has 1 aromatic heterocycles. The molecule has 2 aromatic rings. The lowest BCUT2D eigenvalue weighted by Gasteiger charge is -2.33. The van der Waals surface area contributed by atoms with Crippen LogP contribution in [0.25, 0.3) is 10.1 Å². The van der Waals surface area contributed by atoms with E-state index < -0.39 is 6.10 Å². The Morgan fingerprint density at radius 1 is 1.33 bits per heavy atom. The van der Waals surface area contributed by atoms with E-state index in [0.717, 1.165) is 16.9 Å². The predicted octanol–water partition coefficient (Wildman–Crippen LogP) is 2.44. The van der Waals surface area contributed by atoms with Crippen molar-refractivity contribution in [2.45, 2.75) is 31.5 Å². The van der Waals surface area contributed by atoms with E-state index in [1.165, 1.54) is 10.1 Å². The van der Waals surface area contributed by atoms with Crippen LogP contribution >= 0.6 is 11.3 Å². The Kier molecular flexibility index (Phi) is 2.08. The first-order chi connectivity index (χ1) is 8.75. The van der Waals surface area contributed by atoms with Gasteiger partial charge in [0.15, 0.2) is 0 Å². The number of carbonyl (C=O) groups is 1. The largest absolute Gasteiger partial charge is 0.385 e. The fraction of sp³-hybridized carbons (Fsp3) is 0.357. The fourth-order valence-electron chi connectivity index (χ4n) is 3.15. The van der Waals surface area contributed by atoms with E-state index in [1.54, 1.807) is 11.3 Å². The van der Waals surface area contributed by atoms with Crippen molar-refractivity contribution in [3.8, 4) is 0 Å². The monoisotopic (exact) mass is 259 g/mol. The van der Waals surface area contributed by atoms with Gasteiger partial charge in [0, 0.05) is 22.5 Å². The van der Waals surface area contributed by atoms with Crippen molar-refractivity contribution in [1.29, 1.82) is 0 Å². The van der Waals surface area contributed by atoms with Gasteiger partial charge >= 0.3 is 0 Å². The average molecular weight is 259 g/mol. The Labute approximate surface area is 109 Å². The van der Waals surface area contributed by atoms with E-state index in [2.05, 4.69) is 12.1 Å². The Balaban J connectivity index is 1.93. The van der Waals surface area contributed by atoms with Gasteiger partial charge < -0.3 is 10.0 Å². The molecule has 1 amide bonds. The van der Waals surface area contributed by atoms with E-state index in [1.807, 2.05) is 17.0 Å². The third kappa shape index (κ3) is 1.25. The summed E-state index contributed by atoms with van der Waals surface area (Å²) >= 11 is 1.67. The summed E-state index contributed by atoms with van der Waals surface area (Å²) in [5.41, 5.74) is 1.15. The van der Waals surface area contributed by atoms with E-state index in [0.29, 0.717) is 13.0 Å². The van der Waals surface area contributed by atoms with Crippen molar-refractivity contribution < 1.29 is 9.90 Å². The zero-order chi connectivity index (χ0) is 12.3. The Morgan fingerprint density at radius 3 is 3.06 bits per heavy atom. The number of fused-ring (bicyclic) bond motifs is 4. The molecule has 0 aliphatic carbocycles. The summed E-state index contributed by atoms with van der Waals surface area (Å²) in [6.07, 6.45) is 0.861. The molecular weight excluding hydrogens is 246 g/mol. The number of aliphatic hydroxyl groups is 1. The molecule has 2 atom stereocenters. The fourth-order valence-corrected chi connectivity index (χ4v) is 4.41. The van der Waals surface area contributed by atoms with Crippen molar-refractivity contribution in [2.24, 2.45) is 0 Å². The minimum Gasteiger partial charge on any atom is -0.385 e. The van der Waals surface area contributed by atoms with Crippen molar-refractivity contribution >= 4 is 27.3 Å². The second kappa shape index (κ2) is 3.56. The Hall–Kier alpha value is -1.39. The number of benzene rings is 1. The number of hydrogen-bond acceptors (Lipinski definition) is 3. The average Bonchev–Trinajstić information content (AvgIpc) is 2.93. The zero-order valence-corrected chi connectivity index (χ0v) is 10.6. The molecule has 1 fully saturated rings. The summed E-state index contributed by atoms with van der Waals surface area (Å²) in [5.74, 6) is 0.181. The number of nitrogens with zero attached hydrogens (tertiary/aromatic N) is 1. The van der Waals surface area contributed by atoms with Gasteiger partial charge in [-0.3, -0.25) is 4.79 Å².